The van der Waals surface area contributed by atoms with Crippen LogP contribution in [0.25, 0.3) is 0 Å². The van der Waals surface area contributed by atoms with Crippen LogP contribution in [-0.2, 0) is 8.15 Å². The van der Waals surface area contributed by atoms with Gasteiger partial charge in [-0.1, -0.05) is 0 Å². The van der Waals surface area contributed by atoms with Gasteiger partial charge in [-0.05, 0) is 0 Å². The van der Waals surface area contributed by atoms with E-state index in [9.17, 15) is 28.0 Å². The molecule has 0 amide bonds. The van der Waals surface area contributed by atoms with Crippen LogP contribution in [0, 0.1) is 20.5 Å². The van der Waals surface area contributed by atoms with E-state index >= 15 is 0 Å². The predicted octanol–water partition coefficient (Wildman–Crippen LogP) is 1.65. The Labute approximate surface area is 327 Å². The van der Waals surface area contributed by atoms with Crippen LogP contribution in [0.15, 0.2) is 182 Å². The second kappa shape index (κ2) is 16.9. The molecule has 0 saturated carbocycles. The Morgan fingerprint density at radius 3 is 0.655 bits per heavy atom. The predicted molar refractivity (Wildman–Crippen MR) is 205 cm³/mol. The summed E-state index contributed by atoms with van der Waals surface area (Å²) in [6.07, 6.45) is 3.45. The summed E-state index contributed by atoms with van der Waals surface area (Å²) in [5, 5.41) is 3.74. The average molecular weight is 822 g/mol. The topological polar surface area (TPSA) is 157 Å². The quantitative estimate of drug-likeness (QED) is 0.0937. The van der Waals surface area contributed by atoms with E-state index in [-0.39, 0.29) is 12.3 Å². The summed E-state index contributed by atoms with van der Waals surface area (Å²) in [4.78, 5) is 0. The van der Waals surface area contributed by atoms with Crippen LogP contribution in [0.3, 0.4) is 0 Å². The molecule has 55 heavy (non-hydrogen) atoms. The van der Waals surface area contributed by atoms with Crippen molar-refractivity contribution in [2.24, 2.45) is 0 Å². The van der Waals surface area contributed by atoms with Crippen molar-refractivity contribution in [3.05, 3.63) is 182 Å². The summed E-state index contributed by atoms with van der Waals surface area (Å²) in [5.41, 5.74) is 0. The molecule has 0 aromatic heterocycles. The fourth-order valence-electron chi connectivity index (χ4n) is 8.17. The summed E-state index contributed by atoms with van der Waals surface area (Å²) < 4.78 is 89.4. The molecule has 6 aromatic carbocycles. The summed E-state index contributed by atoms with van der Waals surface area (Å²) in [6, 6.07) is 54.9. The number of halogens is 2. The number of hydrogen-bond acceptors (Lipinski definition) is 8. The van der Waals surface area contributed by atoms with Crippen molar-refractivity contribution in [2.75, 3.05) is 12.3 Å². The van der Waals surface area contributed by atoms with Gasteiger partial charge in [0.2, 0.25) is 0 Å². The normalized spacial score (nSPS) is 14.0. The van der Waals surface area contributed by atoms with Crippen molar-refractivity contribution in [2.45, 2.75) is 32.1 Å². The molecule has 0 aliphatic heterocycles. The minimum atomic E-state index is -4.89. The average Bonchev–Trinajstić information content (AvgIpc) is 3.21. The van der Waals surface area contributed by atoms with Crippen LogP contribution in [-0.4, -0.2) is 12.3 Å². The molecule has 0 bridgehead atoms. The molecule has 0 atom stereocenters. The molecule has 0 heterocycles. The van der Waals surface area contributed by atoms with Crippen molar-refractivity contribution in [3.63, 3.8) is 0 Å². The Bertz CT molecular complexity index is 1740. The standard InChI is InChI=1S/C43H44Cl2O8P2/c46-44(47,48)52-54(38-24-10-4-11-25-38,39-26-12-5-13-27-39,40-28-14-6-15-29-40)36-22-2-1-3-23-37-55(53-45(49,50)51,41-30-16-7-17-31-41,42-32-18-8-19-33-42)43-34-20-9-21-35-43/h4-21,24-35H,1-3,22-23,36-37H2. The summed E-state index contributed by atoms with van der Waals surface area (Å²) in [6.45, 7) is -8.88. The molecule has 288 valence electrons. The Morgan fingerprint density at radius 1 is 0.291 bits per heavy atom. The van der Waals surface area contributed by atoms with Crippen molar-refractivity contribution in [3.8, 4) is 0 Å². The van der Waals surface area contributed by atoms with Crippen molar-refractivity contribution < 1.29 is 56.6 Å². The first-order chi connectivity index (χ1) is 26.4. The molecular formula is C43H44Cl2O8P2. The van der Waals surface area contributed by atoms with Crippen LogP contribution < -0.4 is 59.8 Å². The minimum absolute atomic E-state index is 0.242. The first-order valence-corrected chi connectivity index (χ1v) is 25.2. The van der Waals surface area contributed by atoms with Crippen molar-refractivity contribution in [1.29, 1.82) is 0 Å². The van der Waals surface area contributed by atoms with Crippen LogP contribution in [0.1, 0.15) is 32.1 Å². The van der Waals surface area contributed by atoms with Gasteiger partial charge in [-0.25, -0.2) is 0 Å². The van der Waals surface area contributed by atoms with E-state index in [0.717, 1.165) is 0 Å². The number of rotatable bonds is 18. The maximum absolute atomic E-state index is 12.9. The molecule has 0 unspecified atom stereocenters. The number of benzene rings is 6. The summed E-state index contributed by atoms with van der Waals surface area (Å²) in [5.74, 6) is 0. The van der Waals surface area contributed by atoms with Crippen LogP contribution in [0.2, 0.25) is 0 Å². The van der Waals surface area contributed by atoms with Gasteiger partial charge in [-0.3, -0.25) is 0 Å². The second-order valence-corrected chi connectivity index (χ2v) is 25.0. The third-order valence-electron chi connectivity index (χ3n) is 10.5. The van der Waals surface area contributed by atoms with E-state index in [2.05, 4.69) is 0 Å². The van der Waals surface area contributed by atoms with Gasteiger partial charge in [0, 0.05) is 0 Å². The van der Waals surface area contributed by atoms with Crippen molar-refractivity contribution >= 4 is 45.5 Å². The number of unbranched alkanes of at least 4 members (excludes halogenated alkanes) is 4. The van der Waals surface area contributed by atoms with Crippen LogP contribution in [0.4, 0.5) is 0 Å². The first kappa shape index (κ1) is 41.1. The van der Waals surface area contributed by atoms with Gasteiger partial charge in [0.1, 0.15) is 0 Å². The van der Waals surface area contributed by atoms with Gasteiger partial charge in [-0.2, -0.15) is 0 Å². The van der Waals surface area contributed by atoms with E-state index in [1.807, 2.05) is 182 Å². The zero-order chi connectivity index (χ0) is 38.9. The molecule has 8 nitrogen and oxygen atoms in total. The SMILES string of the molecule is [O-][Cl+3]([O-])([O-])OP(CCCCCCCP(O[Cl+3]([O-])([O-])[O-])(c1ccccc1)(c1ccccc1)c1ccccc1)(c1ccccc1)(c1ccccc1)c1ccccc1. The van der Waals surface area contributed by atoms with Crippen LogP contribution >= 0.6 is 13.7 Å². The summed E-state index contributed by atoms with van der Waals surface area (Å²) in [7, 11) is -9.77. The van der Waals surface area contributed by atoms with Gasteiger partial charge in [0.05, 0.1) is 0 Å². The molecule has 0 radical (unpaired) electrons. The third kappa shape index (κ3) is 8.16. The summed E-state index contributed by atoms with van der Waals surface area (Å²) >= 11 is 0. The molecule has 0 aliphatic carbocycles. The molecule has 6 rings (SSSR count). The third-order valence-corrected chi connectivity index (χ3v) is 24.9. The number of hydrogen-bond donors (Lipinski definition) is 0. The molecule has 12 heteroatoms. The Morgan fingerprint density at radius 2 is 0.473 bits per heavy atom. The van der Waals surface area contributed by atoms with E-state index in [4.69, 9.17) is 8.15 Å². The Balaban J connectivity index is 1.35. The Hall–Kier alpha value is -3.56. The van der Waals surface area contributed by atoms with Gasteiger partial charge in [0.25, 0.3) is 0 Å². The van der Waals surface area contributed by atoms with E-state index in [0.29, 0.717) is 63.9 Å². The van der Waals surface area contributed by atoms with E-state index < -0.39 is 34.1 Å². The van der Waals surface area contributed by atoms with Gasteiger partial charge < -0.3 is 0 Å². The van der Waals surface area contributed by atoms with E-state index in [1.54, 1.807) is 0 Å². The molecule has 0 fully saturated rings. The van der Waals surface area contributed by atoms with Crippen LogP contribution in [0.5, 0.6) is 0 Å². The molecular weight excluding hydrogens is 777 g/mol. The monoisotopic (exact) mass is 820 g/mol. The molecule has 0 spiro atoms. The zero-order valence-electron chi connectivity index (χ0n) is 30.2. The van der Waals surface area contributed by atoms with E-state index in [1.165, 1.54) is 0 Å². The first-order valence-electron chi connectivity index (χ1n) is 18.0. The molecule has 0 N–H and O–H groups in total. The Kier molecular flexibility index (Phi) is 12.6. The van der Waals surface area contributed by atoms with Gasteiger partial charge >= 0.3 is 328 Å². The molecule has 0 aliphatic rings. The second-order valence-electron chi connectivity index (χ2n) is 13.5. The maximum atomic E-state index is 12.9. The molecule has 0 saturated heterocycles. The van der Waals surface area contributed by atoms with Gasteiger partial charge in [-0.15, -0.1) is 0 Å². The fourth-order valence-corrected chi connectivity index (χ4v) is 23.4. The van der Waals surface area contributed by atoms with Crippen molar-refractivity contribution in [1.82, 2.24) is 0 Å². The zero-order valence-corrected chi connectivity index (χ0v) is 33.5. The van der Waals surface area contributed by atoms with Gasteiger partial charge in [0.15, 0.2) is 0 Å². The fraction of sp³-hybridized carbons (Fsp3) is 0.163. The molecule has 6 aromatic rings.